The molecule has 2 aromatic rings. The van der Waals surface area contributed by atoms with E-state index in [1.54, 1.807) is 44.2 Å². The Morgan fingerprint density at radius 2 is 1.63 bits per heavy atom. The number of benzene rings is 1. The highest BCUT2D eigenvalue weighted by atomic mass is 16.6. The molecule has 6 unspecified atom stereocenters. The van der Waals surface area contributed by atoms with Crippen LogP contribution in [0.5, 0.6) is 0 Å². The first kappa shape index (κ1) is 25.9. The topological polar surface area (TPSA) is 118 Å². The fourth-order valence-electron chi connectivity index (χ4n) is 6.49. The number of fused-ring (bicyclic) bond motifs is 1. The van der Waals surface area contributed by atoms with Gasteiger partial charge in [0.1, 0.15) is 18.0 Å². The van der Waals surface area contributed by atoms with Crippen LogP contribution in [0.3, 0.4) is 0 Å². The summed E-state index contributed by atoms with van der Waals surface area (Å²) in [5, 5.41) is 0. The van der Waals surface area contributed by atoms with Crippen LogP contribution in [-0.4, -0.2) is 53.2 Å². The van der Waals surface area contributed by atoms with E-state index in [9.17, 15) is 19.2 Å². The summed E-state index contributed by atoms with van der Waals surface area (Å²) in [6, 6.07) is 9.81. The molecule has 1 aromatic heterocycles. The summed E-state index contributed by atoms with van der Waals surface area (Å²) in [6.07, 6.45) is 0.768. The Morgan fingerprint density at radius 1 is 0.947 bits per heavy atom. The molecular weight excluding hydrogens is 492 g/mol. The Hall–Kier alpha value is -3.72. The molecule has 1 saturated heterocycles. The van der Waals surface area contributed by atoms with Gasteiger partial charge in [-0.05, 0) is 64.0 Å². The minimum atomic E-state index is -1.45. The van der Waals surface area contributed by atoms with E-state index in [2.05, 4.69) is 0 Å². The highest BCUT2D eigenvalue weighted by molar-refractivity contribution is 6.00. The summed E-state index contributed by atoms with van der Waals surface area (Å²) in [6.45, 7) is 8.51. The summed E-state index contributed by atoms with van der Waals surface area (Å²) in [5.41, 5.74) is -2.39. The third-order valence-corrected chi connectivity index (χ3v) is 8.32. The van der Waals surface area contributed by atoms with Crippen LogP contribution in [0.4, 0.5) is 0 Å². The molecule has 200 valence electrons. The first-order chi connectivity index (χ1) is 17.9. The van der Waals surface area contributed by atoms with Crippen molar-refractivity contribution in [3.63, 3.8) is 0 Å². The van der Waals surface area contributed by atoms with Gasteiger partial charge in [-0.25, -0.2) is 9.59 Å². The smallest absolute Gasteiger partial charge is 0.342 e. The lowest BCUT2D eigenvalue weighted by molar-refractivity contribution is -0.221. The van der Waals surface area contributed by atoms with Gasteiger partial charge >= 0.3 is 17.9 Å². The Balaban J connectivity index is 1.68. The average molecular weight is 523 g/mol. The lowest BCUT2D eigenvalue weighted by atomic mass is 9.52. The van der Waals surface area contributed by atoms with Crippen molar-refractivity contribution in [2.75, 3.05) is 0 Å². The summed E-state index contributed by atoms with van der Waals surface area (Å²) < 4.78 is 29.6. The zero-order valence-electron chi connectivity index (χ0n) is 21.9. The number of carbonyl (C=O) groups is 4. The second-order valence-corrected chi connectivity index (χ2v) is 10.9. The molecule has 0 radical (unpaired) electrons. The van der Waals surface area contributed by atoms with Crippen LogP contribution in [0.15, 0.2) is 65.0 Å². The maximum absolute atomic E-state index is 13.6. The van der Waals surface area contributed by atoms with E-state index in [0.717, 1.165) is 0 Å². The standard InChI is InChI=1S/C29H30O9/c1-16-13-21(31)23(36-26(33)19-11-12-34-15-19)28(5)24(37-25(32)18-9-7-6-8-10-18)22(35-17(2)30)20-14-29(16,28)38-27(20,3)4/h6-13,15,20,22-24H,14H2,1-5H3. The molecule has 0 amide bonds. The van der Waals surface area contributed by atoms with Crippen LogP contribution < -0.4 is 0 Å². The van der Waals surface area contributed by atoms with E-state index in [1.165, 1.54) is 31.6 Å². The van der Waals surface area contributed by atoms with Gasteiger partial charge in [0.2, 0.25) is 0 Å². The zero-order valence-corrected chi connectivity index (χ0v) is 21.9. The fourth-order valence-corrected chi connectivity index (χ4v) is 6.49. The van der Waals surface area contributed by atoms with Gasteiger partial charge in [0.25, 0.3) is 0 Å². The third kappa shape index (κ3) is 3.79. The van der Waals surface area contributed by atoms with Crippen LogP contribution in [0, 0.1) is 11.3 Å². The minimum Gasteiger partial charge on any atom is -0.472 e. The molecule has 9 heteroatoms. The number of hydrogen-bond acceptors (Lipinski definition) is 9. The van der Waals surface area contributed by atoms with Crippen molar-refractivity contribution in [2.24, 2.45) is 11.3 Å². The maximum Gasteiger partial charge on any atom is 0.342 e. The van der Waals surface area contributed by atoms with Gasteiger partial charge in [0, 0.05) is 12.8 Å². The summed E-state index contributed by atoms with van der Waals surface area (Å²) in [5.74, 6) is -2.88. The second-order valence-electron chi connectivity index (χ2n) is 10.9. The predicted octanol–water partition coefficient (Wildman–Crippen LogP) is 4.07. The molecule has 5 rings (SSSR count). The van der Waals surface area contributed by atoms with E-state index in [4.69, 9.17) is 23.4 Å². The highest BCUT2D eigenvalue weighted by Gasteiger charge is 2.77. The fraction of sp³-hybridized carbons (Fsp3) is 0.448. The molecule has 1 aromatic carbocycles. The van der Waals surface area contributed by atoms with Crippen molar-refractivity contribution in [2.45, 2.75) is 70.6 Å². The van der Waals surface area contributed by atoms with Crippen molar-refractivity contribution in [3.8, 4) is 0 Å². The monoisotopic (exact) mass is 522 g/mol. The molecule has 2 aliphatic carbocycles. The Kier molecular flexibility index (Phi) is 6.10. The number of carbonyl (C=O) groups excluding carboxylic acids is 4. The van der Waals surface area contributed by atoms with Gasteiger partial charge in [-0.15, -0.1) is 0 Å². The Morgan fingerprint density at radius 3 is 2.26 bits per heavy atom. The SMILES string of the molecule is CC(=O)OC1C2CC3(OC2(C)C)C(C)=CC(=O)C(OC(=O)c2ccoc2)C3(C)C1OC(=O)c1ccccc1. The quantitative estimate of drug-likeness (QED) is 0.423. The van der Waals surface area contributed by atoms with Gasteiger partial charge in [-0.1, -0.05) is 18.2 Å². The average Bonchev–Trinajstić information content (AvgIpc) is 3.49. The highest BCUT2D eigenvalue weighted by Crippen LogP contribution is 2.65. The van der Waals surface area contributed by atoms with Gasteiger partial charge < -0.3 is 23.4 Å². The molecule has 2 heterocycles. The first-order valence-corrected chi connectivity index (χ1v) is 12.5. The molecule has 38 heavy (non-hydrogen) atoms. The molecule has 1 aliphatic heterocycles. The van der Waals surface area contributed by atoms with Crippen molar-refractivity contribution in [3.05, 3.63) is 71.7 Å². The summed E-state index contributed by atoms with van der Waals surface area (Å²) in [4.78, 5) is 52.4. The van der Waals surface area contributed by atoms with E-state index >= 15 is 0 Å². The number of hydrogen-bond donors (Lipinski definition) is 0. The molecule has 3 aliphatic rings. The Bertz CT molecular complexity index is 1310. The molecule has 2 bridgehead atoms. The summed E-state index contributed by atoms with van der Waals surface area (Å²) in [7, 11) is 0. The van der Waals surface area contributed by atoms with E-state index in [1.807, 2.05) is 13.8 Å². The zero-order chi connectivity index (χ0) is 27.5. The van der Waals surface area contributed by atoms with E-state index < -0.39 is 58.6 Å². The molecule has 2 fully saturated rings. The molecular formula is C29H30O9. The van der Waals surface area contributed by atoms with E-state index in [-0.39, 0.29) is 17.0 Å². The van der Waals surface area contributed by atoms with Crippen LogP contribution in [0.1, 0.15) is 61.8 Å². The molecule has 1 spiro atoms. The van der Waals surface area contributed by atoms with Crippen molar-refractivity contribution < 1.29 is 42.5 Å². The van der Waals surface area contributed by atoms with Crippen LogP contribution in [0.25, 0.3) is 0 Å². The van der Waals surface area contributed by atoms with E-state index in [0.29, 0.717) is 12.0 Å². The maximum atomic E-state index is 13.6. The lowest BCUT2D eigenvalue weighted by Crippen LogP contribution is -2.71. The largest absolute Gasteiger partial charge is 0.472 e. The number of furan rings is 1. The lowest BCUT2D eigenvalue weighted by Gasteiger charge is -2.57. The summed E-state index contributed by atoms with van der Waals surface area (Å²) >= 11 is 0. The Labute approximate surface area is 220 Å². The number of esters is 3. The van der Waals surface area contributed by atoms with Crippen LogP contribution in [-0.2, 0) is 28.5 Å². The second kappa shape index (κ2) is 8.94. The van der Waals surface area contributed by atoms with Crippen LogP contribution in [0.2, 0.25) is 0 Å². The number of ether oxygens (including phenoxy) is 4. The van der Waals surface area contributed by atoms with Crippen molar-refractivity contribution in [1.29, 1.82) is 0 Å². The minimum absolute atomic E-state index is 0.123. The molecule has 0 N–H and O–H groups in total. The first-order valence-electron chi connectivity index (χ1n) is 12.5. The van der Waals surface area contributed by atoms with Gasteiger partial charge in [-0.2, -0.15) is 0 Å². The van der Waals surface area contributed by atoms with Gasteiger partial charge in [-0.3, -0.25) is 9.59 Å². The normalized spacial score (nSPS) is 33.1. The number of rotatable bonds is 5. The predicted molar refractivity (Wildman–Crippen MR) is 132 cm³/mol. The van der Waals surface area contributed by atoms with Crippen molar-refractivity contribution in [1.82, 2.24) is 0 Å². The third-order valence-electron chi connectivity index (χ3n) is 8.32. The van der Waals surface area contributed by atoms with Gasteiger partial charge in [0.15, 0.2) is 18.0 Å². The van der Waals surface area contributed by atoms with Crippen LogP contribution >= 0.6 is 0 Å². The number of ketones is 1. The molecule has 6 atom stereocenters. The molecule has 1 saturated carbocycles. The van der Waals surface area contributed by atoms with Crippen molar-refractivity contribution >= 4 is 23.7 Å². The molecule has 9 nitrogen and oxygen atoms in total. The van der Waals surface area contributed by atoms with Gasteiger partial charge in [0.05, 0.1) is 28.4 Å².